The number of hydrogen-bond donors (Lipinski definition) is 1. The van der Waals surface area contributed by atoms with E-state index in [4.69, 9.17) is 10.5 Å². The van der Waals surface area contributed by atoms with Crippen LogP contribution < -0.4 is 5.73 Å². The van der Waals surface area contributed by atoms with Crippen molar-refractivity contribution in [3.8, 4) is 0 Å². The van der Waals surface area contributed by atoms with Gasteiger partial charge >= 0.3 is 0 Å². The van der Waals surface area contributed by atoms with E-state index in [9.17, 15) is 8.78 Å². The van der Waals surface area contributed by atoms with Gasteiger partial charge in [0.15, 0.2) is 0 Å². The van der Waals surface area contributed by atoms with Gasteiger partial charge in [-0.15, -0.1) is 5.10 Å². The molecule has 0 aliphatic heterocycles. The van der Waals surface area contributed by atoms with Crippen molar-refractivity contribution in [2.45, 2.75) is 26.3 Å². The van der Waals surface area contributed by atoms with Crippen LogP contribution in [-0.4, -0.2) is 35.3 Å². The Labute approximate surface area is 98.9 Å². The van der Waals surface area contributed by atoms with Gasteiger partial charge in [-0.2, -0.15) is 0 Å². The average Bonchev–Trinajstić information content (AvgIpc) is 2.62. The molecular formula is C10H18F2N4O. The van der Waals surface area contributed by atoms with Crippen LogP contribution in [0.1, 0.15) is 24.7 Å². The fourth-order valence-corrected chi connectivity index (χ4v) is 1.68. The molecule has 0 amide bonds. The van der Waals surface area contributed by atoms with E-state index in [1.54, 1.807) is 7.11 Å². The van der Waals surface area contributed by atoms with Crippen LogP contribution >= 0.6 is 0 Å². The molecule has 1 rings (SSSR count). The summed E-state index contributed by atoms with van der Waals surface area (Å²) >= 11 is 0. The summed E-state index contributed by atoms with van der Waals surface area (Å²) in [5.41, 5.74) is 5.50. The molecule has 0 bridgehead atoms. The summed E-state index contributed by atoms with van der Waals surface area (Å²) in [7, 11) is 1.58. The summed E-state index contributed by atoms with van der Waals surface area (Å²) in [5.74, 6) is 0.102. The maximum atomic E-state index is 12.9. The second-order valence-corrected chi connectivity index (χ2v) is 4.00. The molecule has 17 heavy (non-hydrogen) atoms. The first-order valence-corrected chi connectivity index (χ1v) is 5.49. The first-order chi connectivity index (χ1) is 8.10. The second-order valence-electron chi connectivity index (χ2n) is 4.00. The van der Waals surface area contributed by atoms with Gasteiger partial charge < -0.3 is 10.5 Å². The Morgan fingerprint density at radius 2 is 2.18 bits per heavy atom. The molecule has 7 heteroatoms. The molecule has 1 heterocycles. The van der Waals surface area contributed by atoms with Crippen molar-refractivity contribution >= 4 is 0 Å². The van der Waals surface area contributed by atoms with E-state index in [1.165, 1.54) is 4.68 Å². The summed E-state index contributed by atoms with van der Waals surface area (Å²) in [4.78, 5) is 0. The SMILES string of the molecule is COCC(C)Cn1nnc(CCN)c1C(F)F. The number of alkyl halides is 2. The molecule has 2 N–H and O–H groups in total. The predicted octanol–water partition coefficient (Wildman–Crippen LogP) is 0.999. The monoisotopic (exact) mass is 248 g/mol. The Morgan fingerprint density at radius 3 is 2.71 bits per heavy atom. The maximum absolute atomic E-state index is 12.9. The Kier molecular flexibility index (Phi) is 5.43. The van der Waals surface area contributed by atoms with E-state index >= 15 is 0 Å². The number of methoxy groups -OCH3 is 1. The van der Waals surface area contributed by atoms with Crippen LogP contribution in [0.25, 0.3) is 0 Å². The topological polar surface area (TPSA) is 66.0 Å². The summed E-state index contributed by atoms with van der Waals surface area (Å²) in [5, 5.41) is 7.51. The highest BCUT2D eigenvalue weighted by Crippen LogP contribution is 2.22. The summed E-state index contributed by atoms with van der Waals surface area (Å²) in [6.45, 7) is 3.05. The largest absolute Gasteiger partial charge is 0.384 e. The number of nitrogens with zero attached hydrogens (tertiary/aromatic N) is 3. The highest BCUT2D eigenvalue weighted by Gasteiger charge is 2.22. The lowest BCUT2D eigenvalue weighted by atomic mass is 10.2. The Hall–Kier alpha value is -1.08. The van der Waals surface area contributed by atoms with E-state index in [0.29, 0.717) is 19.6 Å². The van der Waals surface area contributed by atoms with Gasteiger partial charge in [0.1, 0.15) is 5.69 Å². The maximum Gasteiger partial charge on any atom is 0.281 e. The van der Waals surface area contributed by atoms with Gasteiger partial charge in [-0.1, -0.05) is 12.1 Å². The van der Waals surface area contributed by atoms with Gasteiger partial charge in [0.2, 0.25) is 0 Å². The molecule has 1 aromatic heterocycles. The van der Waals surface area contributed by atoms with Gasteiger partial charge in [-0.25, -0.2) is 13.5 Å². The molecule has 0 spiro atoms. The molecule has 0 fully saturated rings. The molecule has 1 aromatic rings. The van der Waals surface area contributed by atoms with Crippen LogP contribution in [0.15, 0.2) is 0 Å². The van der Waals surface area contributed by atoms with Crippen molar-refractivity contribution in [1.82, 2.24) is 15.0 Å². The lowest BCUT2D eigenvalue weighted by molar-refractivity contribution is 0.125. The lowest BCUT2D eigenvalue weighted by Gasteiger charge is -2.12. The van der Waals surface area contributed by atoms with Crippen LogP contribution in [0, 0.1) is 5.92 Å². The Morgan fingerprint density at radius 1 is 1.47 bits per heavy atom. The third kappa shape index (κ3) is 3.71. The number of aromatic nitrogens is 3. The van der Waals surface area contributed by atoms with Gasteiger partial charge in [0.05, 0.1) is 12.3 Å². The number of hydrogen-bond acceptors (Lipinski definition) is 4. The third-order valence-electron chi connectivity index (χ3n) is 2.37. The van der Waals surface area contributed by atoms with Crippen molar-refractivity contribution in [2.75, 3.05) is 20.3 Å². The van der Waals surface area contributed by atoms with Crippen molar-refractivity contribution in [2.24, 2.45) is 11.7 Å². The van der Waals surface area contributed by atoms with Crippen LogP contribution in [0.4, 0.5) is 8.78 Å². The number of halogens is 2. The number of ether oxygens (including phenoxy) is 1. The molecule has 0 saturated heterocycles. The normalized spacial score (nSPS) is 13.3. The van der Waals surface area contributed by atoms with E-state index in [2.05, 4.69) is 10.3 Å². The first-order valence-electron chi connectivity index (χ1n) is 5.49. The summed E-state index contributed by atoms with van der Waals surface area (Å²) < 4.78 is 32.0. The molecule has 98 valence electrons. The lowest BCUT2D eigenvalue weighted by Crippen LogP contribution is -2.16. The van der Waals surface area contributed by atoms with Crippen LogP contribution in [0.3, 0.4) is 0 Å². The highest BCUT2D eigenvalue weighted by molar-refractivity contribution is 5.12. The van der Waals surface area contributed by atoms with Crippen molar-refractivity contribution in [3.05, 3.63) is 11.4 Å². The molecule has 0 saturated carbocycles. The molecule has 1 unspecified atom stereocenters. The van der Waals surface area contributed by atoms with E-state index in [1.807, 2.05) is 6.92 Å². The standard InChI is InChI=1S/C10H18F2N4O/c1-7(6-17-2)5-16-9(10(11)12)8(3-4-13)14-15-16/h7,10H,3-6,13H2,1-2H3. The fourth-order valence-electron chi connectivity index (χ4n) is 1.68. The fraction of sp³-hybridized carbons (Fsp3) is 0.800. The molecule has 0 aliphatic carbocycles. The minimum atomic E-state index is -2.58. The number of nitrogens with two attached hydrogens (primary N) is 1. The van der Waals surface area contributed by atoms with Crippen LogP contribution in [0.2, 0.25) is 0 Å². The summed E-state index contributed by atoms with van der Waals surface area (Å²) in [6, 6.07) is 0. The smallest absolute Gasteiger partial charge is 0.281 e. The Balaban J connectivity index is 2.84. The molecule has 0 aliphatic rings. The van der Waals surface area contributed by atoms with E-state index < -0.39 is 6.43 Å². The average molecular weight is 248 g/mol. The van der Waals surface area contributed by atoms with Gasteiger partial charge in [0.25, 0.3) is 6.43 Å². The van der Waals surface area contributed by atoms with Crippen molar-refractivity contribution < 1.29 is 13.5 Å². The van der Waals surface area contributed by atoms with Crippen LogP contribution in [-0.2, 0) is 17.7 Å². The number of rotatable bonds is 7. The van der Waals surface area contributed by atoms with E-state index in [-0.39, 0.29) is 23.9 Å². The molecule has 5 nitrogen and oxygen atoms in total. The summed E-state index contributed by atoms with van der Waals surface area (Å²) in [6.07, 6.45) is -2.26. The third-order valence-corrected chi connectivity index (χ3v) is 2.37. The van der Waals surface area contributed by atoms with Crippen molar-refractivity contribution in [1.29, 1.82) is 0 Å². The zero-order valence-electron chi connectivity index (χ0n) is 10.1. The predicted molar refractivity (Wildman–Crippen MR) is 58.8 cm³/mol. The zero-order valence-corrected chi connectivity index (χ0v) is 10.1. The minimum absolute atomic E-state index is 0.102. The van der Waals surface area contributed by atoms with Gasteiger partial charge in [-0.05, 0) is 12.5 Å². The Bertz CT molecular complexity index is 343. The molecule has 0 aromatic carbocycles. The quantitative estimate of drug-likeness (QED) is 0.781. The zero-order chi connectivity index (χ0) is 12.8. The van der Waals surface area contributed by atoms with Gasteiger partial charge in [-0.3, -0.25) is 0 Å². The van der Waals surface area contributed by atoms with Gasteiger partial charge in [0, 0.05) is 20.1 Å². The van der Waals surface area contributed by atoms with E-state index in [0.717, 1.165) is 0 Å². The second kappa shape index (κ2) is 6.61. The van der Waals surface area contributed by atoms with Crippen molar-refractivity contribution in [3.63, 3.8) is 0 Å². The molecule has 1 atom stereocenters. The first kappa shape index (κ1) is 14.0. The molecular weight excluding hydrogens is 230 g/mol. The highest BCUT2D eigenvalue weighted by atomic mass is 19.3. The minimum Gasteiger partial charge on any atom is -0.384 e. The molecule has 0 radical (unpaired) electrons. The van der Waals surface area contributed by atoms with Crippen LogP contribution in [0.5, 0.6) is 0 Å².